The molecular formula is C27H27F3N6O3S2. The summed E-state index contributed by atoms with van der Waals surface area (Å²) in [6.07, 6.45) is 2.60. The lowest BCUT2D eigenvalue weighted by Crippen LogP contribution is -2.37. The van der Waals surface area contributed by atoms with Crippen LogP contribution >= 0.6 is 11.3 Å². The third-order valence-corrected chi connectivity index (χ3v) is 10.7. The van der Waals surface area contributed by atoms with E-state index in [0.717, 1.165) is 60.2 Å². The van der Waals surface area contributed by atoms with Gasteiger partial charge in [0, 0.05) is 60.8 Å². The zero-order valence-corrected chi connectivity index (χ0v) is 23.7. The standard InChI is InChI=1S/C27H27F3N6O3S2/c1-41(37,38)26-34-25-23(40-26)22(17-6-5-16(27(28,29)30)12-19(17)36-8-2-9-36)32-24(33-25)15-7-10-39-20(11-15)18-13-31-35-21(18)14-3-4-14/h5-6,12-15,20H,2-4,7-11H2,1H3,(H,31,35)/t15-,20+/m0/s1. The van der Waals surface area contributed by atoms with Crippen molar-refractivity contribution >= 4 is 37.2 Å². The number of hydrogen-bond donors (Lipinski definition) is 1. The first-order valence-corrected chi connectivity index (χ1v) is 16.3. The summed E-state index contributed by atoms with van der Waals surface area (Å²) in [5, 5.41) is 7.42. The number of ether oxygens (including phenoxy) is 1. The summed E-state index contributed by atoms with van der Waals surface area (Å²) in [5.41, 5.74) is 2.89. The SMILES string of the molecule is CS(=O)(=O)c1nc2nc([C@H]3CCO[C@@H](c4c[nH]nc4C4CC4)C3)nc(-c3ccc(C(F)(F)F)cc3N3CCC3)c2s1. The molecule has 0 spiro atoms. The third-order valence-electron chi connectivity index (χ3n) is 8.01. The Labute approximate surface area is 238 Å². The number of anilines is 1. The number of alkyl halides is 3. The largest absolute Gasteiger partial charge is 0.416 e. The van der Waals surface area contributed by atoms with Crippen LogP contribution in [-0.2, 0) is 20.8 Å². The number of benzene rings is 1. The molecule has 3 aliphatic rings. The minimum absolute atomic E-state index is 0.102. The van der Waals surface area contributed by atoms with Gasteiger partial charge in [0.25, 0.3) is 0 Å². The molecule has 0 unspecified atom stereocenters. The lowest BCUT2D eigenvalue weighted by Gasteiger charge is -2.35. The maximum atomic E-state index is 13.7. The molecule has 7 rings (SSSR count). The fourth-order valence-corrected chi connectivity index (χ4v) is 7.42. The molecule has 5 heterocycles. The number of aromatic nitrogens is 5. The number of halogens is 3. The fourth-order valence-electron chi connectivity index (χ4n) is 5.57. The molecule has 0 amide bonds. The van der Waals surface area contributed by atoms with E-state index in [1.807, 2.05) is 11.1 Å². The molecule has 2 saturated heterocycles. The van der Waals surface area contributed by atoms with Gasteiger partial charge in [-0.3, -0.25) is 5.10 Å². The predicted octanol–water partition coefficient (Wildman–Crippen LogP) is 5.62. The smallest absolute Gasteiger partial charge is 0.373 e. The molecule has 9 nitrogen and oxygen atoms in total. The summed E-state index contributed by atoms with van der Waals surface area (Å²) < 4.78 is 72.4. The highest BCUT2D eigenvalue weighted by atomic mass is 32.2. The summed E-state index contributed by atoms with van der Waals surface area (Å²) in [7, 11) is -3.64. The van der Waals surface area contributed by atoms with Crippen LogP contribution in [0.15, 0.2) is 28.7 Å². The number of thiazole rings is 1. The van der Waals surface area contributed by atoms with Gasteiger partial charge in [0.2, 0.25) is 14.2 Å². The molecule has 216 valence electrons. The molecule has 3 aromatic heterocycles. The molecule has 0 radical (unpaired) electrons. The molecule has 3 fully saturated rings. The van der Waals surface area contributed by atoms with Crippen molar-refractivity contribution in [2.24, 2.45) is 0 Å². The van der Waals surface area contributed by atoms with Crippen LogP contribution in [0.2, 0.25) is 0 Å². The van der Waals surface area contributed by atoms with Gasteiger partial charge in [-0.1, -0.05) is 17.4 Å². The van der Waals surface area contributed by atoms with Crippen LogP contribution in [0, 0.1) is 0 Å². The van der Waals surface area contributed by atoms with Crippen molar-refractivity contribution in [2.45, 2.75) is 60.6 Å². The van der Waals surface area contributed by atoms with Crippen LogP contribution in [0.5, 0.6) is 0 Å². The van der Waals surface area contributed by atoms with E-state index < -0.39 is 21.6 Å². The summed E-state index contributed by atoms with van der Waals surface area (Å²) in [4.78, 5) is 15.9. The quantitative estimate of drug-likeness (QED) is 0.302. The number of fused-ring (bicyclic) bond motifs is 1. The first-order chi connectivity index (χ1) is 19.6. The highest BCUT2D eigenvalue weighted by molar-refractivity contribution is 7.92. The van der Waals surface area contributed by atoms with Gasteiger partial charge in [-0.15, -0.1) is 0 Å². The summed E-state index contributed by atoms with van der Waals surface area (Å²) in [6, 6.07) is 3.64. The van der Waals surface area contributed by atoms with Gasteiger partial charge in [0.1, 0.15) is 10.5 Å². The number of rotatable bonds is 6. The monoisotopic (exact) mass is 604 g/mol. The molecule has 0 bridgehead atoms. The molecular weight excluding hydrogens is 577 g/mol. The molecule has 2 aliphatic heterocycles. The Balaban J connectivity index is 1.35. The molecule has 41 heavy (non-hydrogen) atoms. The van der Waals surface area contributed by atoms with Gasteiger partial charge in [0.15, 0.2) is 5.65 Å². The molecule has 1 aliphatic carbocycles. The second-order valence-electron chi connectivity index (χ2n) is 11.0. The van der Waals surface area contributed by atoms with Gasteiger partial charge in [-0.25, -0.2) is 23.4 Å². The summed E-state index contributed by atoms with van der Waals surface area (Å²) in [5.74, 6) is 0.810. The van der Waals surface area contributed by atoms with Gasteiger partial charge in [-0.2, -0.15) is 18.3 Å². The van der Waals surface area contributed by atoms with Crippen molar-refractivity contribution in [2.75, 3.05) is 30.9 Å². The van der Waals surface area contributed by atoms with E-state index in [1.165, 1.54) is 6.07 Å². The minimum Gasteiger partial charge on any atom is -0.373 e. The summed E-state index contributed by atoms with van der Waals surface area (Å²) in [6.45, 7) is 1.73. The second-order valence-corrected chi connectivity index (χ2v) is 14.2. The highest BCUT2D eigenvalue weighted by Crippen LogP contribution is 2.46. The van der Waals surface area contributed by atoms with Gasteiger partial charge < -0.3 is 9.64 Å². The highest BCUT2D eigenvalue weighted by Gasteiger charge is 2.36. The number of hydrogen-bond acceptors (Lipinski definition) is 9. The Hall–Kier alpha value is -3.10. The molecule has 14 heteroatoms. The van der Waals surface area contributed by atoms with Gasteiger partial charge >= 0.3 is 6.18 Å². The number of nitrogens with one attached hydrogen (secondary N) is 1. The van der Waals surface area contributed by atoms with Crippen molar-refractivity contribution in [1.29, 1.82) is 0 Å². The Morgan fingerprint density at radius 1 is 1.10 bits per heavy atom. The van der Waals surface area contributed by atoms with E-state index in [9.17, 15) is 21.6 Å². The van der Waals surface area contributed by atoms with Crippen LogP contribution in [-0.4, -0.2) is 59.5 Å². The van der Waals surface area contributed by atoms with E-state index in [2.05, 4.69) is 15.2 Å². The average Bonchev–Trinajstić information content (AvgIpc) is 3.44. The lowest BCUT2D eigenvalue weighted by molar-refractivity contribution is -0.137. The number of aromatic amines is 1. The van der Waals surface area contributed by atoms with Gasteiger partial charge in [-0.05, 0) is 44.2 Å². The van der Waals surface area contributed by atoms with Crippen molar-refractivity contribution in [3.05, 3.63) is 47.0 Å². The molecule has 1 aromatic carbocycles. The fraction of sp³-hybridized carbons (Fsp3) is 0.481. The Bertz CT molecular complexity index is 1740. The number of nitrogens with zero attached hydrogens (tertiary/aromatic N) is 5. The molecule has 4 aromatic rings. The second kappa shape index (κ2) is 9.73. The zero-order valence-electron chi connectivity index (χ0n) is 22.1. The lowest BCUT2D eigenvalue weighted by atomic mass is 9.90. The van der Waals surface area contributed by atoms with Gasteiger partial charge in [0.05, 0.1) is 23.1 Å². The van der Waals surface area contributed by atoms with Crippen LogP contribution < -0.4 is 4.90 Å². The Kier molecular flexibility index (Phi) is 6.36. The van der Waals surface area contributed by atoms with E-state index in [-0.39, 0.29) is 22.0 Å². The first-order valence-electron chi connectivity index (χ1n) is 13.6. The third kappa shape index (κ3) is 4.99. The van der Waals surface area contributed by atoms with Crippen molar-refractivity contribution < 1.29 is 26.3 Å². The Morgan fingerprint density at radius 2 is 1.90 bits per heavy atom. The van der Waals surface area contributed by atoms with E-state index >= 15 is 0 Å². The average molecular weight is 605 g/mol. The van der Waals surface area contributed by atoms with Crippen LogP contribution in [0.1, 0.15) is 72.7 Å². The van der Waals surface area contributed by atoms with Crippen molar-refractivity contribution in [1.82, 2.24) is 25.1 Å². The van der Waals surface area contributed by atoms with E-state index in [1.54, 1.807) is 0 Å². The molecule has 1 N–H and O–H groups in total. The van der Waals surface area contributed by atoms with E-state index in [0.29, 0.717) is 65.9 Å². The predicted molar refractivity (Wildman–Crippen MR) is 147 cm³/mol. The van der Waals surface area contributed by atoms with Crippen molar-refractivity contribution in [3.8, 4) is 11.3 Å². The first kappa shape index (κ1) is 26.8. The van der Waals surface area contributed by atoms with Crippen LogP contribution in [0.3, 0.4) is 0 Å². The normalized spacial score (nSPS) is 21.8. The number of H-pyrrole nitrogens is 1. The number of sulfone groups is 1. The minimum atomic E-state index is -4.50. The molecule has 2 atom stereocenters. The maximum absolute atomic E-state index is 13.7. The van der Waals surface area contributed by atoms with E-state index in [4.69, 9.17) is 14.7 Å². The molecule has 1 saturated carbocycles. The maximum Gasteiger partial charge on any atom is 0.416 e. The van der Waals surface area contributed by atoms with Crippen molar-refractivity contribution in [3.63, 3.8) is 0 Å². The topological polar surface area (TPSA) is 114 Å². The zero-order chi connectivity index (χ0) is 28.5. The van der Waals surface area contributed by atoms with Crippen LogP contribution in [0.4, 0.5) is 18.9 Å². The summed E-state index contributed by atoms with van der Waals surface area (Å²) >= 11 is 0.946. The Morgan fingerprint density at radius 3 is 2.59 bits per heavy atom. The van der Waals surface area contributed by atoms with Crippen LogP contribution in [0.25, 0.3) is 21.6 Å².